The average molecular weight is 396 g/mol. The molecule has 0 saturated carbocycles. The average Bonchev–Trinajstić information content (AvgIpc) is 3.35. The van der Waals surface area contributed by atoms with Crippen LogP contribution in [0.15, 0.2) is 52.3 Å². The molecule has 2 aromatic heterocycles. The molecule has 2 N–H and O–H groups in total. The molecule has 4 rings (SSSR count). The van der Waals surface area contributed by atoms with Crippen LogP contribution in [0.5, 0.6) is 0 Å². The highest BCUT2D eigenvalue weighted by Gasteiger charge is 2.14. The molecule has 0 unspecified atom stereocenters. The molecule has 0 bridgehead atoms. The minimum atomic E-state index is -0.104. The fourth-order valence-corrected chi connectivity index (χ4v) is 4.33. The van der Waals surface area contributed by atoms with Gasteiger partial charge in [-0.3, -0.25) is 9.59 Å². The van der Waals surface area contributed by atoms with Crippen LogP contribution in [0.3, 0.4) is 0 Å². The number of hydrogen-bond donors (Lipinski definition) is 2. The lowest BCUT2D eigenvalue weighted by atomic mass is 10.0. The van der Waals surface area contributed by atoms with E-state index in [0.717, 1.165) is 32.5 Å². The van der Waals surface area contributed by atoms with Gasteiger partial charge >= 0.3 is 0 Å². The molecule has 27 heavy (non-hydrogen) atoms. The molecule has 0 fully saturated rings. The van der Waals surface area contributed by atoms with Gasteiger partial charge in [-0.2, -0.15) is 5.10 Å². The molecule has 0 aliphatic carbocycles. The van der Waals surface area contributed by atoms with Gasteiger partial charge in [0.05, 0.1) is 22.7 Å². The van der Waals surface area contributed by atoms with Crippen molar-refractivity contribution in [2.24, 2.45) is 5.10 Å². The first-order chi connectivity index (χ1) is 13.2. The monoisotopic (exact) mass is 396 g/mol. The number of hydrazone groups is 1. The predicted molar refractivity (Wildman–Crippen MR) is 108 cm³/mol. The number of carbonyl (C=O) groups is 2. The number of carbonyl (C=O) groups excluding carboxylic acids is 2. The lowest BCUT2D eigenvalue weighted by Gasteiger charge is -2.12. The summed E-state index contributed by atoms with van der Waals surface area (Å²) in [5.74, 6) is -0.167. The molecular weight excluding hydrogens is 380 g/mol. The second kappa shape index (κ2) is 7.81. The summed E-state index contributed by atoms with van der Waals surface area (Å²) in [4.78, 5) is 29.1. The highest BCUT2D eigenvalue weighted by Crippen LogP contribution is 2.28. The minimum absolute atomic E-state index is 0.0630. The summed E-state index contributed by atoms with van der Waals surface area (Å²) >= 11 is 3.19. The Kier molecular flexibility index (Phi) is 5.08. The van der Waals surface area contributed by atoms with Crippen molar-refractivity contribution >= 4 is 45.9 Å². The Hall–Kier alpha value is -2.84. The van der Waals surface area contributed by atoms with Gasteiger partial charge < -0.3 is 5.32 Å². The van der Waals surface area contributed by atoms with Crippen molar-refractivity contribution < 1.29 is 9.59 Å². The number of rotatable bonds is 5. The summed E-state index contributed by atoms with van der Waals surface area (Å²) in [5, 5.41) is 11.8. The van der Waals surface area contributed by atoms with E-state index in [9.17, 15) is 9.59 Å². The lowest BCUT2D eigenvalue weighted by molar-refractivity contribution is -0.121. The van der Waals surface area contributed by atoms with Gasteiger partial charge in [0.1, 0.15) is 5.01 Å². The smallest absolute Gasteiger partial charge is 0.240 e. The first kappa shape index (κ1) is 17.6. The Bertz CT molecular complexity index is 991. The van der Waals surface area contributed by atoms with Crippen molar-refractivity contribution in [2.45, 2.75) is 19.3 Å². The van der Waals surface area contributed by atoms with E-state index in [1.807, 2.05) is 47.2 Å². The van der Waals surface area contributed by atoms with Crippen LogP contribution in [-0.2, 0) is 16.0 Å². The summed E-state index contributed by atoms with van der Waals surface area (Å²) in [7, 11) is 0. The summed E-state index contributed by atoms with van der Waals surface area (Å²) < 4.78 is 0. The maximum Gasteiger partial charge on any atom is 0.240 e. The Balaban J connectivity index is 1.36. The van der Waals surface area contributed by atoms with Crippen molar-refractivity contribution in [3.63, 3.8) is 0 Å². The van der Waals surface area contributed by atoms with Crippen LogP contribution in [-0.4, -0.2) is 22.5 Å². The molecule has 0 spiro atoms. The molecule has 0 radical (unpaired) electrons. The highest BCUT2D eigenvalue weighted by molar-refractivity contribution is 7.20. The maximum atomic E-state index is 12.3. The van der Waals surface area contributed by atoms with Crippen LogP contribution in [0.2, 0.25) is 0 Å². The first-order valence-corrected chi connectivity index (χ1v) is 10.2. The number of thiazole rings is 1. The quantitative estimate of drug-likeness (QED) is 0.690. The highest BCUT2D eigenvalue weighted by atomic mass is 32.1. The first-order valence-electron chi connectivity index (χ1n) is 8.41. The van der Waals surface area contributed by atoms with E-state index in [-0.39, 0.29) is 18.2 Å². The van der Waals surface area contributed by atoms with Crippen LogP contribution in [0.25, 0.3) is 9.88 Å². The van der Waals surface area contributed by atoms with E-state index < -0.39 is 0 Å². The molecule has 1 aliphatic rings. The molecule has 2 amide bonds. The molecular formula is C19H16N4O2S2. The normalized spacial score (nSPS) is 13.8. The van der Waals surface area contributed by atoms with Crippen LogP contribution in [0.4, 0.5) is 5.69 Å². The molecule has 1 aromatic carbocycles. The molecule has 3 aromatic rings. The second-order valence-corrected chi connectivity index (χ2v) is 7.82. The minimum Gasteiger partial charge on any atom is -0.326 e. The number of thiophene rings is 1. The zero-order chi connectivity index (χ0) is 18.6. The second-order valence-electron chi connectivity index (χ2n) is 6.02. The fraction of sp³-hybridized carbons (Fsp3) is 0.158. The van der Waals surface area contributed by atoms with Gasteiger partial charge in [0.2, 0.25) is 11.8 Å². The van der Waals surface area contributed by atoms with Crippen molar-refractivity contribution in [3.8, 4) is 9.88 Å². The number of aromatic nitrogens is 1. The molecule has 0 atom stereocenters. The van der Waals surface area contributed by atoms with E-state index in [1.165, 1.54) is 0 Å². The number of benzene rings is 1. The van der Waals surface area contributed by atoms with Crippen LogP contribution >= 0.6 is 22.7 Å². The van der Waals surface area contributed by atoms with E-state index in [1.54, 1.807) is 22.7 Å². The van der Waals surface area contributed by atoms with Gasteiger partial charge in [-0.05, 0) is 29.1 Å². The summed E-state index contributed by atoms with van der Waals surface area (Å²) in [6.07, 6.45) is 1.30. The number of nitrogens with zero attached hydrogens (tertiary/aromatic N) is 2. The van der Waals surface area contributed by atoms with Crippen molar-refractivity contribution in [1.82, 2.24) is 10.4 Å². The number of nitrogens with one attached hydrogen (secondary N) is 2. The van der Waals surface area contributed by atoms with E-state index in [4.69, 9.17) is 0 Å². The Labute approximate surface area is 164 Å². The predicted octanol–water partition coefficient (Wildman–Crippen LogP) is 3.67. The van der Waals surface area contributed by atoms with Crippen LogP contribution < -0.4 is 10.7 Å². The van der Waals surface area contributed by atoms with Gasteiger partial charge in [0, 0.05) is 23.9 Å². The van der Waals surface area contributed by atoms with Gasteiger partial charge in [0.25, 0.3) is 0 Å². The largest absolute Gasteiger partial charge is 0.326 e. The third-order valence-electron chi connectivity index (χ3n) is 4.03. The number of anilines is 1. The zero-order valence-electron chi connectivity index (χ0n) is 14.3. The van der Waals surface area contributed by atoms with Gasteiger partial charge in [-0.1, -0.05) is 18.2 Å². The Morgan fingerprint density at radius 2 is 2.00 bits per heavy atom. The fourth-order valence-electron chi connectivity index (χ4n) is 2.70. The molecule has 8 heteroatoms. The van der Waals surface area contributed by atoms with E-state index in [2.05, 4.69) is 20.8 Å². The van der Waals surface area contributed by atoms with Crippen LogP contribution in [0, 0.1) is 0 Å². The van der Waals surface area contributed by atoms with Crippen LogP contribution in [0.1, 0.15) is 24.1 Å². The molecule has 136 valence electrons. The van der Waals surface area contributed by atoms with Crippen molar-refractivity contribution in [2.75, 3.05) is 5.32 Å². The Morgan fingerprint density at radius 1 is 1.15 bits per heavy atom. The standard InChI is InChI=1S/C19H16N4O2S2/c24-17-8-7-15(22-23-17)12-3-5-13(6-4-12)20-18(25)10-14-11-27-19(21-14)16-2-1-9-26-16/h1-6,9,11H,7-8,10H2,(H,20,25)(H,23,24). The summed E-state index contributed by atoms with van der Waals surface area (Å²) in [6.45, 7) is 0. The third kappa shape index (κ3) is 4.29. The van der Waals surface area contributed by atoms with Crippen molar-refractivity contribution in [1.29, 1.82) is 0 Å². The number of amides is 2. The lowest BCUT2D eigenvalue weighted by Crippen LogP contribution is -2.25. The summed E-state index contributed by atoms with van der Waals surface area (Å²) in [5.41, 5.74) is 5.76. The summed E-state index contributed by atoms with van der Waals surface area (Å²) in [6, 6.07) is 11.5. The van der Waals surface area contributed by atoms with Gasteiger partial charge in [-0.15, -0.1) is 22.7 Å². The molecule has 0 saturated heterocycles. The Morgan fingerprint density at radius 3 is 2.70 bits per heavy atom. The SMILES string of the molecule is O=C1CCC(c2ccc(NC(=O)Cc3csc(-c4cccs4)n3)cc2)=NN1. The van der Waals surface area contributed by atoms with E-state index in [0.29, 0.717) is 12.8 Å². The van der Waals surface area contributed by atoms with Gasteiger partial charge in [0.15, 0.2) is 0 Å². The van der Waals surface area contributed by atoms with E-state index >= 15 is 0 Å². The zero-order valence-corrected chi connectivity index (χ0v) is 15.9. The van der Waals surface area contributed by atoms with Gasteiger partial charge in [-0.25, -0.2) is 10.4 Å². The molecule has 1 aliphatic heterocycles. The number of hydrogen-bond acceptors (Lipinski definition) is 6. The van der Waals surface area contributed by atoms with Crippen molar-refractivity contribution in [3.05, 3.63) is 58.4 Å². The molecule has 6 nitrogen and oxygen atoms in total. The topological polar surface area (TPSA) is 83.5 Å². The molecule has 3 heterocycles. The third-order valence-corrected chi connectivity index (χ3v) is 5.96. The maximum absolute atomic E-state index is 12.3.